The van der Waals surface area contributed by atoms with Crippen LogP contribution in [0.15, 0.2) is 18.2 Å². The Labute approximate surface area is 146 Å². The monoisotopic (exact) mass is 388 g/mol. The van der Waals surface area contributed by atoms with E-state index in [1.807, 2.05) is 6.07 Å². The fraction of sp³-hybridized carbons (Fsp3) is 0.462. The second-order valence-electron chi connectivity index (χ2n) is 4.78. The number of carbonyl (C=O) groups excluding carboxylic acids is 1. The van der Waals surface area contributed by atoms with E-state index in [2.05, 4.69) is 5.32 Å². The Morgan fingerprint density at radius 2 is 2.00 bits per heavy atom. The van der Waals surface area contributed by atoms with Gasteiger partial charge in [-0.1, -0.05) is 35.3 Å². The molecule has 1 aromatic rings. The standard InChI is InChI=1S/C13H18Cl2N2O3S.ClH/c1-21(19,20)8-6-11(16)13(18)17-7-5-9-3-2-4-10(14)12(9)15;/h2-4,11H,5-8,16H2,1H3,(H,17,18);1H. The van der Waals surface area contributed by atoms with E-state index in [4.69, 9.17) is 28.9 Å². The molecule has 126 valence electrons. The van der Waals surface area contributed by atoms with Crippen molar-refractivity contribution in [2.75, 3.05) is 18.6 Å². The van der Waals surface area contributed by atoms with E-state index < -0.39 is 15.9 Å². The molecule has 0 fully saturated rings. The molecule has 0 aromatic heterocycles. The van der Waals surface area contributed by atoms with Crippen LogP contribution in [0.2, 0.25) is 10.0 Å². The minimum absolute atomic E-state index is 0. The lowest BCUT2D eigenvalue weighted by Crippen LogP contribution is -2.42. The number of hydrogen-bond acceptors (Lipinski definition) is 4. The van der Waals surface area contributed by atoms with Gasteiger partial charge >= 0.3 is 0 Å². The summed E-state index contributed by atoms with van der Waals surface area (Å²) in [4.78, 5) is 11.7. The lowest BCUT2D eigenvalue weighted by Gasteiger charge is -2.12. The fourth-order valence-electron chi connectivity index (χ4n) is 1.67. The quantitative estimate of drug-likeness (QED) is 0.744. The van der Waals surface area contributed by atoms with Gasteiger partial charge in [0.05, 0.1) is 21.8 Å². The first-order chi connectivity index (χ1) is 9.70. The summed E-state index contributed by atoms with van der Waals surface area (Å²) in [5, 5.41) is 3.58. The first-order valence-electron chi connectivity index (χ1n) is 6.34. The van der Waals surface area contributed by atoms with Gasteiger partial charge in [0, 0.05) is 12.8 Å². The van der Waals surface area contributed by atoms with Gasteiger partial charge in [0.2, 0.25) is 5.91 Å². The van der Waals surface area contributed by atoms with E-state index in [0.717, 1.165) is 11.8 Å². The van der Waals surface area contributed by atoms with E-state index in [-0.39, 0.29) is 30.5 Å². The zero-order valence-corrected chi connectivity index (χ0v) is 15.2. The maximum absolute atomic E-state index is 11.7. The van der Waals surface area contributed by atoms with Crippen molar-refractivity contribution < 1.29 is 13.2 Å². The summed E-state index contributed by atoms with van der Waals surface area (Å²) in [5.74, 6) is -0.487. The first kappa shape index (κ1) is 21.5. The number of sulfone groups is 1. The summed E-state index contributed by atoms with van der Waals surface area (Å²) in [6.07, 6.45) is 1.73. The van der Waals surface area contributed by atoms with Gasteiger partial charge in [-0.3, -0.25) is 4.79 Å². The molecule has 0 aliphatic rings. The van der Waals surface area contributed by atoms with Gasteiger partial charge in [-0.05, 0) is 24.5 Å². The average Bonchev–Trinajstić information content (AvgIpc) is 2.39. The molecule has 0 saturated carbocycles. The predicted octanol–water partition coefficient (Wildman–Crippen LogP) is 1.84. The zero-order chi connectivity index (χ0) is 16.0. The van der Waals surface area contributed by atoms with Gasteiger partial charge in [0.15, 0.2) is 0 Å². The average molecular weight is 390 g/mol. The highest BCUT2D eigenvalue weighted by molar-refractivity contribution is 7.90. The zero-order valence-electron chi connectivity index (χ0n) is 12.0. The van der Waals surface area contributed by atoms with Crippen molar-refractivity contribution >= 4 is 51.4 Å². The van der Waals surface area contributed by atoms with E-state index >= 15 is 0 Å². The lowest BCUT2D eigenvalue weighted by molar-refractivity contribution is -0.122. The summed E-state index contributed by atoms with van der Waals surface area (Å²) in [5.41, 5.74) is 6.46. The van der Waals surface area contributed by atoms with Gasteiger partial charge in [-0.25, -0.2) is 8.42 Å². The van der Waals surface area contributed by atoms with Crippen LogP contribution < -0.4 is 11.1 Å². The first-order valence-corrected chi connectivity index (χ1v) is 9.16. The van der Waals surface area contributed by atoms with E-state index in [0.29, 0.717) is 23.0 Å². The van der Waals surface area contributed by atoms with Crippen LogP contribution in [0.4, 0.5) is 0 Å². The minimum atomic E-state index is -3.12. The van der Waals surface area contributed by atoms with Crippen molar-refractivity contribution in [2.45, 2.75) is 18.9 Å². The highest BCUT2D eigenvalue weighted by atomic mass is 35.5. The van der Waals surface area contributed by atoms with Crippen LogP contribution in [0.1, 0.15) is 12.0 Å². The summed E-state index contributed by atoms with van der Waals surface area (Å²) in [7, 11) is -3.12. The highest BCUT2D eigenvalue weighted by Gasteiger charge is 2.15. The summed E-state index contributed by atoms with van der Waals surface area (Å²) in [6.45, 7) is 0.353. The molecule has 0 aliphatic heterocycles. The molecule has 3 N–H and O–H groups in total. The Morgan fingerprint density at radius 3 is 2.59 bits per heavy atom. The maximum atomic E-state index is 11.7. The Morgan fingerprint density at radius 1 is 1.36 bits per heavy atom. The predicted molar refractivity (Wildman–Crippen MR) is 92.7 cm³/mol. The number of hydrogen-bond donors (Lipinski definition) is 2. The number of amides is 1. The third kappa shape index (κ3) is 7.65. The Bertz CT molecular complexity index is 609. The van der Waals surface area contributed by atoms with Crippen molar-refractivity contribution in [3.63, 3.8) is 0 Å². The molecule has 0 bridgehead atoms. The van der Waals surface area contributed by atoms with Gasteiger partial charge in [-0.15, -0.1) is 12.4 Å². The third-order valence-electron chi connectivity index (χ3n) is 2.86. The van der Waals surface area contributed by atoms with Crippen LogP contribution in [0, 0.1) is 0 Å². The second-order valence-corrected chi connectivity index (χ2v) is 7.82. The van der Waals surface area contributed by atoms with Crippen molar-refractivity contribution in [3.05, 3.63) is 33.8 Å². The molecule has 0 saturated heterocycles. The van der Waals surface area contributed by atoms with Crippen LogP contribution in [-0.2, 0) is 21.1 Å². The largest absolute Gasteiger partial charge is 0.354 e. The minimum Gasteiger partial charge on any atom is -0.354 e. The number of nitrogens with one attached hydrogen (secondary N) is 1. The van der Waals surface area contributed by atoms with Crippen molar-refractivity contribution in [1.82, 2.24) is 5.32 Å². The van der Waals surface area contributed by atoms with Crippen LogP contribution in [0.5, 0.6) is 0 Å². The van der Waals surface area contributed by atoms with Crippen molar-refractivity contribution in [3.8, 4) is 0 Å². The topological polar surface area (TPSA) is 89.3 Å². The van der Waals surface area contributed by atoms with Gasteiger partial charge in [0.25, 0.3) is 0 Å². The van der Waals surface area contributed by atoms with Crippen LogP contribution in [0.3, 0.4) is 0 Å². The summed E-state index contributed by atoms with van der Waals surface area (Å²) < 4.78 is 22.0. The SMILES string of the molecule is CS(=O)(=O)CCC(N)C(=O)NCCc1cccc(Cl)c1Cl.Cl. The molecule has 0 spiro atoms. The smallest absolute Gasteiger partial charge is 0.236 e. The molecular weight excluding hydrogens is 371 g/mol. The van der Waals surface area contributed by atoms with Crippen molar-refractivity contribution in [1.29, 1.82) is 0 Å². The van der Waals surface area contributed by atoms with E-state index in [1.165, 1.54) is 0 Å². The number of nitrogens with two attached hydrogens (primary N) is 1. The van der Waals surface area contributed by atoms with Crippen LogP contribution >= 0.6 is 35.6 Å². The summed E-state index contributed by atoms with van der Waals surface area (Å²) >= 11 is 11.9. The fourth-order valence-corrected chi connectivity index (χ4v) is 2.76. The molecular formula is C13H19Cl3N2O3S. The molecule has 1 atom stereocenters. The van der Waals surface area contributed by atoms with Gasteiger partial charge in [0.1, 0.15) is 9.84 Å². The molecule has 0 radical (unpaired) electrons. The Kier molecular flexibility index (Phi) is 9.34. The Hall–Kier alpha value is -0.530. The number of halogens is 3. The maximum Gasteiger partial charge on any atom is 0.236 e. The second kappa shape index (κ2) is 9.57. The number of carbonyl (C=O) groups is 1. The normalized spacial score (nSPS) is 12.4. The molecule has 0 aliphatic carbocycles. The van der Waals surface area contributed by atoms with Crippen LogP contribution in [-0.4, -0.2) is 38.9 Å². The molecule has 1 unspecified atom stereocenters. The number of benzene rings is 1. The molecule has 1 rings (SSSR count). The van der Waals surface area contributed by atoms with Gasteiger partial charge in [-0.2, -0.15) is 0 Å². The summed E-state index contributed by atoms with van der Waals surface area (Å²) in [6, 6.07) is 4.45. The molecule has 1 aromatic carbocycles. The molecule has 1 amide bonds. The third-order valence-corrected chi connectivity index (χ3v) is 4.70. The van der Waals surface area contributed by atoms with E-state index in [9.17, 15) is 13.2 Å². The lowest BCUT2D eigenvalue weighted by atomic mass is 10.1. The molecule has 0 heterocycles. The van der Waals surface area contributed by atoms with E-state index in [1.54, 1.807) is 12.1 Å². The Balaban J connectivity index is 0.00000441. The molecule has 5 nitrogen and oxygen atoms in total. The van der Waals surface area contributed by atoms with Crippen molar-refractivity contribution in [2.24, 2.45) is 5.73 Å². The van der Waals surface area contributed by atoms with Gasteiger partial charge < -0.3 is 11.1 Å². The number of rotatable bonds is 7. The van der Waals surface area contributed by atoms with Crippen LogP contribution in [0.25, 0.3) is 0 Å². The highest BCUT2D eigenvalue weighted by Crippen LogP contribution is 2.25. The molecule has 9 heteroatoms. The molecule has 22 heavy (non-hydrogen) atoms.